The molecule has 2 atom stereocenters. The van der Waals surface area contributed by atoms with Crippen LogP contribution in [0.4, 0.5) is 0 Å². The fourth-order valence-electron chi connectivity index (χ4n) is 2.84. The van der Waals surface area contributed by atoms with Crippen LogP contribution in [0.3, 0.4) is 0 Å². The lowest BCUT2D eigenvalue weighted by Crippen LogP contribution is -2.36. The minimum atomic E-state index is -0.429. The number of aryl methyl sites for hydroxylation is 2. The number of aliphatic hydroxyl groups excluding tert-OH is 1. The van der Waals surface area contributed by atoms with Crippen LogP contribution in [-0.2, 0) is 17.6 Å². The molecule has 1 aromatic heterocycles. The van der Waals surface area contributed by atoms with E-state index in [2.05, 4.69) is 18.9 Å². The molecule has 0 saturated heterocycles. The third kappa shape index (κ3) is 4.49. The Labute approximate surface area is 132 Å². The molecule has 1 heterocycles. The van der Waals surface area contributed by atoms with E-state index in [1.165, 1.54) is 22.0 Å². The second kappa shape index (κ2) is 7.68. The molecule has 0 fully saturated rings. The van der Waals surface area contributed by atoms with Gasteiger partial charge < -0.3 is 9.84 Å². The quantitative estimate of drug-likeness (QED) is 0.841. The van der Waals surface area contributed by atoms with Crippen LogP contribution in [-0.4, -0.2) is 47.4 Å². The zero-order chi connectivity index (χ0) is 15.4. The van der Waals surface area contributed by atoms with Crippen molar-refractivity contribution in [2.45, 2.75) is 64.7 Å². The highest BCUT2D eigenvalue weighted by Crippen LogP contribution is 2.37. The van der Waals surface area contributed by atoms with Gasteiger partial charge in [0.15, 0.2) is 0 Å². The Kier molecular flexibility index (Phi) is 6.17. The fraction of sp³-hybridized carbons (Fsp3) is 0.812. The van der Waals surface area contributed by atoms with E-state index in [-0.39, 0.29) is 6.10 Å². The lowest BCUT2D eigenvalue weighted by Gasteiger charge is -2.32. The molecule has 0 aliphatic heterocycles. The molecule has 1 N–H and O–H groups in total. The topological polar surface area (TPSA) is 45.6 Å². The summed E-state index contributed by atoms with van der Waals surface area (Å²) in [5.74, 6) is 0. The SMILES string of the molecule is CCc1nc2c(s1)C(N(C)CC(O)COC(C)C)CCC2. The molecule has 0 aromatic carbocycles. The first-order chi connectivity index (χ1) is 10.0. The van der Waals surface area contributed by atoms with Gasteiger partial charge in [-0.15, -0.1) is 11.3 Å². The van der Waals surface area contributed by atoms with Gasteiger partial charge in [0.05, 0.1) is 29.5 Å². The van der Waals surface area contributed by atoms with Gasteiger partial charge >= 0.3 is 0 Å². The number of thiazole rings is 1. The molecule has 5 heteroatoms. The summed E-state index contributed by atoms with van der Waals surface area (Å²) in [6.07, 6.45) is 4.20. The van der Waals surface area contributed by atoms with Gasteiger partial charge in [0.25, 0.3) is 0 Å². The molecule has 0 radical (unpaired) electrons. The number of nitrogens with zero attached hydrogens (tertiary/aromatic N) is 2. The summed E-state index contributed by atoms with van der Waals surface area (Å²) in [4.78, 5) is 8.43. The third-order valence-corrected chi connectivity index (χ3v) is 5.26. The van der Waals surface area contributed by atoms with Crippen molar-refractivity contribution >= 4 is 11.3 Å². The van der Waals surface area contributed by atoms with Crippen molar-refractivity contribution in [2.24, 2.45) is 0 Å². The Balaban J connectivity index is 1.97. The monoisotopic (exact) mass is 312 g/mol. The Bertz CT molecular complexity index is 447. The predicted molar refractivity (Wildman–Crippen MR) is 86.9 cm³/mol. The second-order valence-electron chi connectivity index (χ2n) is 6.16. The van der Waals surface area contributed by atoms with E-state index in [0.717, 1.165) is 19.3 Å². The van der Waals surface area contributed by atoms with E-state index in [1.54, 1.807) is 0 Å². The Morgan fingerprint density at radius 3 is 2.90 bits per heavy atom. The molecule has 21 heavy (non-hydrogen) atoms. The van der Waals surface area contributed by atoms with E-state index in [1.807, 2.05) is 25.2 Å². The van der Waals surface area contributed by atoms with Crippen molar-refractivity contribution in [3.63, 3.8) is 0 Å². The van der Waals surface area contributed by atoms with Gasteiger partial charge in [-0.1, -0.05) is 6.92 Å². The molecular weight excluding hydrogens is 284 g/mol. The minimum absolute atomic E-state index is 0.167. The van der Waals surface area contributed by atoms with Crippen LogP contribution in [0.25, 0.3) is 0 Å². The highest BCUT2D eigenvalue weighted by atomic mass is 32.1. The van der Waals surface area contributed by atoms with Crippen LogP contribution >= 0.6 is 11.3 Å². The van der Waals surface area contributed by atoms with Crippen molar-refractivity contribution in [2.75, 3.05) is 20.2 Å². The van der Waals surface area contributed by atoms with E-state index < -0.39 is 6.10 Å². The zero-order valence-corrected chi connectivity index (χ0v) is 14.4. The molecule has 0 spiro atoms. The lowest BCUT2D eigenvalue weighted by molar-refractivity contribution is -0.0111. The molecule has 1 aliphatic rings. The van der Waals surface area contributed by atoms with Crippen molar-refractivity contribution in [3.8, 4) is 0 Å². The molecule has 2 rings (SSSR count). The van der Waals surface area contributed by atoms with Gasteiger partial charge in [-0.2, -0.15) is 0 Å². The van der Waals surface area contributed by atoms with Crippen LogP contribution < -0.4 is 0 Å². The average molecular weight is 312 g/mol. The van der Waals surface area contributed by atoms with Crippen LogP contribution in [0.2, 0.25) is 0 Å². The summed E-state index contributed by atoms with van der Waals surface area (Å²) in [6.45, 7) is 7.21. The van der Waals surface area contributed by atoms with E-state index in [9.17, 15) is 5.11 Å². The maximum atomic E-state index is 10.1. The number of hydrogen-bond donors (Lipinski definition) is 1. The highest BCUT2D eigenvalue weighted by Gasteiger charge is 2.28. The summed E-state index contributed by atoms with van der Waals surface area (Å²) >= 11 is 1.85. The van der Waals surface area contributed by atoms with Crippen LogP contribution in [0, 0.1) is 0 Å². The van der Waals surface area contributed by atoms with Gasteiger partial charge in [-0.25, -0.2) is 4.98 Å². The zero-order valence-electron chi connectivity index (χ0n) is 13.6. The summed E-state index contributed by atoms with van der Waals surface area (Å²) in [7, 11) is 2.10. The minimum Gasteiger partial charge on any atom is -0.389 e. The van der Waals surface area contributed by atoms with E-state index in [0.29, 0.717) is 19.2 Å². The first-order valence-electron chi connectivity index (χ1n) is 7.99. The number of hydrogen-bond acceptors (Lipinski definition) is 5. The second-order valence-corrected chi connectivity index (χ2v) is 7.27. The molecule has 0 amide bonds. The number of rotatable bonds is 7. The van der Waals surface area contributed by atoms with Gasteiger partial charge in [-0.05, 0) is 46.6 Å². The Morgan fingerprint density at radius 2 is 2.24 bits per heavy atom. The maximum Gasteiger partial charge on any atom is 0.0928 e. The molecule has 2 unspecified atom stereocenters. The molecule has 1 aliphatic carbocycles. The van der Waals surface area contributed by atoms with E-state index >= 15 is 0 Å². The smallest absolute Gasteiger partial charge is 0.0928 e. The highest BCUT2D eigenvalue weighted by molar-refractivity contribution is 7.11. The molecule has 4 nitrogen and oxygen atoms in total. The van der Waals surface area contributed by atoms with Crippen LogP contribution in [0.5, 0.6) is 0 Å². The van der Waals surface area contributed by atoms with Crippen molar-refractivity contribution in [3.05, 3.63) is 15.6 Å². The molecular formula is C16H28N2O2S. The summed E-state index contributed by atoms with van der Waals surface area (Å²) in [5.41, 5.74) is 1.29. The first kappa shape index (κ1) is 16.9. The van der Waals surface area contributed by atoms with Gasteiger partial charge in [0, 0.05) is 17.5 Å². The summed E-state index contributed by atoms with van der Waals surface area (Å²) < 4.78 is 5.50. The summed E-state index contributed by atoms with van der Waals surface area (Å²) in [5, 5.41) is 11.4. The lowest BCUT2D eigenvalue weighted by atomic mass is 9.97. The van der Waals surface area contributed by atoms with Crippen LogP contribution in [0.15, 0.2) is 0 Å². The number of ether oxygens (including phenoxy) is 1. The molecule has 1 aromatic rings. The van der Waals surface area contributed by atoms with Gasteiger partial charge in [0.1, 0.15) is 0 Å². The van der Waals surface area contributed by atoms with Crippen molar-refractivity contribution < 1.29 is 9.84 Å². The van der Waals surface area contributed by atoms with Gasteiger partial charge in [-0.3, -0.25) is 4.90 Å². The summed E-state index contributed by atoms with van der Waals surface area (Å²) in [6, 6.07) is 0.403. The molecule has 0 bridgehead atoms. The Morgan fingerprint density at radius 1 is 1.48 bits per heavy atom. The third-order valence-electron chi connectivity index (χ3n) is 3.92. The largest absolute Gasteiger partial charge is 0.389 e. The standard InChI is InChI=1S/C16H28N2O2S/c1-5-15-17-13-7-6-8-14(16(13)21-15)18(4)9-12(19)10-20-11(2)3/h11-12,14,19H,5-10H2,1-4H3. The van der Waals surface area contributed by atoms with Crippen molar-refractivity contribution in [1.29, 1.82) is 0 Å². The Hall–Kier alpha value is -0.490. The van der Waals surface area contributed by atoms with Crippen LogP contribution in [0.1, 0.15) is 55.2 Å². The number of likely N-dealkylation sites (N-methyl/N-ethyl adjacent to an activating group) is 1. The number of aliphatic hydroxyl groups is 1. The average Bonchev–Trinajstić information content (AvgIpc) is 2.87. The van der Waals surface area contributed by atoms with E-state index in [4.69, 9.17) is 9.72 Å². The maximum absolute atomic E-state index is 10.1. The normalized spacial score (nSPS) is 20.0. The van der Waals surface area contributed by atoms with Crippen molar-refractivity contribution in [1.82, 2.24) is 9.88 Å². The molecule has 120 valence electrons. The predicted octanol–water partition coefficient (Wildman–Crippen LogP) is 2.80. The fourth-order valence-corrected chi connectivity index (χ4v) is 4.09. The first-order valence-corrected chi connectivity index (χ1v) is 8.81. The number of fused-ring (bicyclic) bond motifs is 1. The van der Waals surface area contributed by atoms with Gasteiger partial charge in [0.2, 0.25) is 0 Å². The number of aromatic nitrogens is 1. The molecule has 0 saturated carbocycles.